The summed E-state index contributed by atoms with van der Waals surface area (Å²) in [5.41, 5.74) is 4.44. The highest BCUT2D eigenvalue weighted by Crippen LogP contribution is 2.33. The van der Waals surface area contributed by atoms with E-state index in [1.165, 1.54) is 11.8 Å². The van der Waals surface area contributed by atoms with Crippen LogP contribution in [-0.4, -0.2) is 47.2 Å². The lowest BCUT2D eigenvalue weighted by molar-refractivity contribution is -0.142. The van der Waals surface area contributed by atoms with Crippen LogP contribution in [-0.2, 0) is 9.53 Å². The third-order valence-corrected chi connectivity index (χ3v) is 7.18. The fourth-order valence-corrected chi connectivity index (χ4v) is 5.04. The number of aromatic nitrogens is 3. The number of methoxy groups -OCH3 is 2. The van der Waals surface area contributed by atoms with E-state index in [4.69, 9.17) is 18.9 Å². The van der Waals surface area contributed by atoms with Crippen LogP contribution in [0, 0.1) is 13.8 Å². The monoisotopic (exact) mass is 576 g/mol. The van der Waals surface area contributed by atoms with E-state index in [9.17, 15) is 9.59 Å². The lowest BCUT2D eigenvalue weighted by Crippen LogP contribution is -2.20. The summed E-state index contributed by atoms with van der Waals surface area (Å²) < 4.78 is 25.1. The first kappa shape index (κ1) is 27.5. The Labute approximate surface area is 246 Å². The maximum absolute atomic E-state index is 13.7. The molecule has 3 aromatic heterocycles. The van der Waals surface area contributed by atoms with E-state index >= 15 is 0 Å². The maximum atomic E-state index is 13.7. The predicted molar refractivity (Wildman–Crippen MR) is 164 cm³/mol. The van der Waals surface area contributed by atoms with Crippen LogP contribution in [0.4, 0.5) is 0 Å². The van der Waals surface area contributed by atoms with Crippen LogP contribution < -0.4 is 15.0 Å². The number of para-hydroxylation sites is 1. The van der Waals surface area contributed by atoms with E-state index in [-0.39, 0.29) is 18.0 Å². The zero-order valence-corrected chi connectivity index (χ0v) is 24.0. The third kappa shape index (κ3) is 5.14. The zero-order valence-electron chi connectivity index (χ0n) is 24.0. The van der Waals surface area contributed by atoms with Crippen molar-refractivity contribution in [2.75, 3.05) is 20.8 Å². The summed E-state index contributed by atoms with van der Waals surface area (Å²) in [6.45, 7) is 3.80. The minimum atomic E-state index is -0.450. The fourth-order valence-electron chi connectivity index (χ4n) is 5.04. The van der Waals surface area contributed by atoms with Crippen molar-refractivity contribution in [2.45, 2.75) is 13.8 Å². The fraction of sp³-hybridized carbons (Fsp3) is 0.152. The van der Waals surface area contributed by atoms with E-state index in [0.717, 1.165) is 28.0 Å². The molecule has 3 aromatic carbocycles. The molecule has 0 saturated carbocycles. The van der Waals surface area contributed by atoms with Crippen molar-refractivity contribution in [1.82, 2.24) is 14.2 Å². The lowest BCUT2D eigenvalue weighted by atomic mass is 10.2. The first-order chi connectivity index (χ1) is 20.9. The second kappa shape index (κ2) is 11.3. The molecule has 6 rings (SSSR count). The van der Waals surface area contributed by atoms with Crippen molar-refractivity contribution in [1.29, 1.82) is 0 Å². The highest BCUT2D eigenvalue weighted by molar-refractivity contribution is 5.89. The van der Waals surface area contributed by atoms with Gasteiger partial charge in [0, 0.05) is 22.6 Å². The molecule has 10 nitrogen and oxygen atoms in total. The SMILES string of the molecule is COC(=O)COc1ccc(-n2c(C)cc(C=Nn3c(-c4cc5c(OC)cccc5o4)nc4ccccc4c3=O)c2C)cc1. The van der Waals surface area contributed by atoms with Gasteiger partial charge in [0.15, 0.2) is 12.4 Å². The van der Waals surface area contributed by atoms with Crippen LogP contribution in [0.2, 0.25) is 0 Å². The Kier molecular flexibility index (Phi) is 7.25. The van der Waals surface area contributed by atoms with Gasteiger partial charge in [-0.15, -0.1) is 0 Å². The number of carbonyl (C=O) groups is 1. The number of ether oxygens (including phenoxy) is 3. The molecule has 216 valence electrons. The summed E-state index contributed by atoms with van der Waals surface area (Å²) in [6, 6.07) is 23.9. The van der Waals surface area contributed by atoms with Gasteiger partial charge < -0.3 is 23.2 Å². The molecular weight excluding hydrogens is 548 g/mol. The van der Waals surface area contributed by atoms with Crippen LogP contribution in [0.1, 0.15) is 17.0 Å². The molecule has 3 heterocycles. The van der Waals surface area contributed by atoms with Gasteiger partial charge in [0.1, 0.15) is 17.1 Å². The second-order valence-corrected chi connectivity index (χ2v) is 9.82. The van der Waals surface area contributed by atoms with Gasteiger partial charge in [-0.3, -0.25) is 4.79 Å². The predicted octanol–water partition coefficient (Wildman–Crippen LogP) is 5.66. The summed E-state index contributed by atoms with van der Waals surface area (Å²) in [7, 11) is 2.91. The number of carbonyl (C=O) groups excluding carboxylic acids is 1. The number of fused-ring (bicyclic) bond motifs is 2. The molecule has 0 saturated heterocycles. The van der Waals surface area contributed by atoms with Crippen molar-refractivity contribution >= 4 is 34.1 Å². The normalized spacial score (nSPS) is 11.4. The van der Waals surface area contributed by atoms with Crippen molar-refractivity contribution in [3.05, 3.63) is 106 Å². The zero-order chi connectivity index (χ0) is 30.1. The van der Waals surface area contributed by atoms with Crippen LogP contribution in [0.5, 0.6) is 11.5 Å². The van der Waals surface area contributed by atoms with Crippen LogP contribution >= 0.6 is 0 Å². The minimum Gasteiger partial charge on any atom is -0.496 e. The molecule has 0 bridgehead atoms. The molecular formula is C33H28N4O6. The number of hydrogen-bond acceptors (Lipinski definition) is 8. The summed E-state index contributed by atoms with van der Waals surface area (Å²) >= 11 is 0. The van der Waals surface area contributed by atoms with Crippen LogP contribution in [0.25, 0.3) is 39.1 Å². The van der Waals surface area contributed by atoms with Crippen LogP contribution in [0.3, 0.4) is 0 Å². The first-order valence-electron chi connectivity index (χ1n) is 13.5. The van der Waals surface area contributed by atoms with E-state index < -0.39 is 5.97 Å². The highest BCUT2D eigenvalue weighted by Gasteiger charge is 2.18. The number of benzene rings is 3. The number of aryl methyl sites for hydroxylation is 1. The molecule has 10 heteroatoms. The minimum absolute atomic E-state index is 0.162. The average Bonchev–Trinajstić information content (AvgIpc) is 3.59. The molecule has 0 atom stereocenters. The number of nitrogens with zero attached hydrogens (tertiary/aromatic N) is 4. The molecule has 0 N–H and O–H groups in total. The largest absolute Gasteiger partial charge is 0.496 e. The van der Waals surface area contributed by atoms with Gasteiger partial charge in [-0.1, -0.05) is 18.2 Å². The number of esters is 1. The maximum Gasteiger partial charge on any atom is 0.343 e. The Balaban J connectivity index is 1.40. The Bertz CT molecular complexity index is 2070. The molecule has 0 radical (unpaired) electrons. The van der Waals surface area contributed by atoms with Gasteiger partial charge in [0.2, 0.25) is 5.82 Å². The van der Waals surface area contributed by atoms with E-state index in [1.54, 1.807) is 49.7 Å². The molecule has 43 heavy (non-hydrogen) atoms. The van der Waals surface area contributed by atoms with Gasteiger partial charge >= 0.3 is 5.97 Å². The van der Waals surface area contributed by atoms with Gasteiger partial charge in [0.05, 0.1) is 36.7 Å². The second-order valence-electron chi connectivity index (χ2n) is 9.82. The van der Waals surface area contributed by atoms with Crippen molar-refractivity contribution < 1.29 is 23.4 Å². The number of furan rings is 1. The average molecular weight is 577 g/mol. The van der Waals surface area contributed by atoms with Crippen molar-refractivity contribution in [2.24, 2.45) is 5.10 Å². The molecule has 0 fully saturated rings. The summed E-state index contributed by atoms with van der Waals surface area (Å²) in [4.78, 5) is 29.9. The van der Waals surface area contributed by atoms with Gasteiger partial charge in [0.25, 0.3) is 5.56 Å². The van der Waals surface area contributed by atoms with Crippen molar-refractivity contribution in [3.63, 3.8) is 0 Å². The molecule has 6 aromatic rings. The van der Waals surface area contributed by atoms with E-state index in [0.29, 0.717) is 33.7 Å². The first-order valence-corrected chi connectivity index (χ1v) is 13.5. The standard InChI is InChI=1S/C33H28N4O6/c1-20-16-22(21(2)36(20)23-12-14-24(15-13-23)42-19-31(38)41-4)18-34-37-32(35-27-9-6-5-8-25(27)33(37)39)30-17-26-28(40-3)10-7-11-29(26)43-30/h5-18H,19H2,1-4H3. The molecule has 0 amide bonds. The molecule has 0 aliphatic carbocycles. The third-order valence-electron chi connectivity index (χ3n) is 7.18. The Hall–Kier alpha value is -5.64. The molecule has 0 aliphatic heterocycles. The molecule has 0 spiro atoms. The topological polar surface area (TPSA) is 110 Å². The highest BCUT2D eigenvalue weighted by atomic mass is 16.6. The lowest BCUT2D eigenvalue weighted by Gasteiger charge is -2.11. The quantitative estimate of drug-likeness (QED) is 0.170. The van der Waals surface area contributed by atoms with Gasteiger partial charge in [-0.25, -0.2) is 9.78 Å². The summed E-state index contributed by atoms with van der Waals surface area (Å²) in [6.07, 6.45) is 1.65. The van der Waals surface area contributed by atoms with Crippen molar-refractivity contribution in [3.8, 4) is 28.8 Å². The Morgan fingerprint density at radius 2 is 1.77 bits per heavy atom. The van der Waals surface area contributed by atoms with Gasteiger partial charge in [-0.05, 0) is 74.5 Å². The number of hydrogen-bond donors (Lipinski definition) is 0. The Morgan fingerprint density at radius 1 is 0.977 bits per heavy atom. The van der Waals surface area contributed by atoms with E-state index in [2.05, 4.69) is 14.4 Å². The Morgan fingerprint density at radius 3 is 2.53 bits per heavy atom. The molecule has 0 unspecified atom stereocenters. The number of rotatable bonds is 8. The smallest absolute Gasteiger partial charge is 0.343 e. The van der Waals surface area contributed by atoms with Crippen LogP contribution in [0.15, 0.2) is 93.2 Å². The summed E-state index contributed by atoms with van der Waals surface area (Å²) in [5.74, 6) is 1.42. The van der Waals surface area contributed by atoms with E-state index in [1.807, 2.05) is 56.3 Å². The summed E-state index contributed by atoms with van der Waals surface area (Å²) in [5, 5.41) is 5.84. The van der Waals surface area contributed by atoms with Gasteiger partial charge in [-0.2, -0.15) is 9.78 Å². The molecule has 0 aliphatic rings.